The third-order valence-corrected chi connectivity index (χ3v) is 5.01. The number of rotatable bonds is 4. The molecule has 1 aromatic heterocycles. The molecule has 6 nitrogen and oxygen atoms in total. The van der Waals surface area contributed by atoms with Crippen molar-refractivity contribution in [3.05, 3.63) is 17.0 Å². The molecule has 22 heavy (non-hydrogen) atoms. The van der Waals surface area contributed by atoms with Crippen molar-refractivity contribution in [2.45, 2.75) is 45.2 Å². The van der Waals surface area contributed by atoms with Gasteiger partial charge in [-0.1, -0.05) is 6.92 Å². The molecule has 1 atom stereocenters. The van der Waals surface area contributed by atoms with Crippen molar-refractivity contribution in [1.29, 1.82) is 0 Å². The number of piperazine rings is 1. The summed E-state index contributed by atoms with van der Waals surface area (Å²) in [6, 6.07) is 0.471. The lowest BCUT2D eigenvalue weighted by molar-refractivity contribution is 0.0686. The number of fused-ring (bicyclic) bond motifs is 1. The molecule has 0 spiro atoms. The molecular formula is C16H26N4O2. The van der Waals surface area contributed by atoms with Gasteiger partial charge in [-0.2, -0.15) is 5.10 Å². The first kappa shape index (κ1) is 15.5. The maximum atomic E-state index is 11.5. The Hall–Kier alpha value is -1.40. The minimum Gasteiger partial charge on any atom is -0.476 e. The molecule has 0 amide bonds. The van der Waals surface area contributed by atoms with Crippen LogP contribution in [0.15, 0.2) is 0 Å². The van der Waals surface area contributed by atoms with Crippen molar-refractivity contribution in [3.8, 4) is 0 Å². The fourth-order valence-electron chi connectivity index (χ4n) is 3.74. The van der Waals surface area contributed by atoms with Crippen molar-refractivity contribution in [2.75, 3.05) is 33.2 Å². The standard InChI is InChI=1S/C16H26N4O2/c1-3-6-20-14-5-4-12(19-9-7-18(2)8-10-19)11-13(14)15(17-20)16(21)22/h12H,3-11H2,1-2H3,(H,21,22)/t12-/m0/s1. The zero-order chi connectivity index (χ0) is 15.7. The zero-order valence-electron chi connectivity index (χ0n) is 13.6. The van der Waals surface area contributed by atoms with E-state index < -0.39 is 5.97 Å². The SMILES string of the molecule is CCCn1nc(C(=O)O)c2c1CC[C@H](N1CCN(C)CC1)C2. The van der Waals surface area contributed by atoms with Gasteiger partial charge in [0.1, 0.15) is 0 Å². The van der Waals surface area contributed by atoms with Crippen LogP contribution in [0.5, 0.6) is 0 Å². The Morgan fingerprint density at radius 1 is 1.32 bits per heavy atom. The van der Waals surface area contributed by atoms with Crippen LogP contribution in [0.2, 0.25) is 0 Å². The van der Waals surface area contributed by atoms with E-state index in [-0.39, 0.29) is 5.69 Å². The average molecular weight is 306 g/mol. The maximum Gasteiger partial charge on any atom is 0.356 e. The first-order valence-electron chi connectivity index (χ1n) is 8.34. The van der Waals surface area contributed by atoms with Gasteiger partial charge in [-0.05, 0) is 32.7 Å². The quantitative estimate of drug-likeness (QED) is 0.902. The Labute approximate surface area is 131 Å². The molecule has 122 valence electrons. The summed E-state index contributed by atoms with van der Waals surface area (Å²) in [6.45, 7) is 7.29. The van der Waals surface area contributed by atoms with E-state index >= 15 is 0 Å². The van der Waals surface area contributed by atoms with Crippen LogP contribution in [-0.2, 0) is 19.4 Å². The van der Waals surface area contributed by atoms with Gasteiger partial charge in [-0.3, -0.25) is 9.58 Å². The molecule has 0 aromatic carbocycles. The number of carboxylic acids is 1. The van der Waals surface area contributed by atoms with Crippen LogP contribution in [0.3, 0.4) is 0 Å². The predicted octanol–water partition coefficient (Wildman–Crippen LogP) is 1.10. The van der Waals surface area contributed by atoms with Crippen molar-refractivity contribution in [3.63, 3.8) is 0 Å². The van der Waals surface area contributed by atoms with Crippen molar-refractivity contribution in [1.82, 2.24) is 19.6 Å². The molecular weight excluding hydrogens is 280 g/mol. The number of carbonyl (C=O) groups is 1. The molecule has 2 heterocycles. The van der Waals surface area contributed by atoms with Crippen LogP contribution >= 0.6 is 0 Å². The third kappa shape index (κ3) is 2.90. The summed E-state index contributed by atoms with van der Waals surface area (Å²) in [5, 5.41) is 13.8. The van der Waals surface area contributed by atoms with Gasteiger partial charge in [0.15, 0.2) is 5.69 Å². The second-order valence-corrected chi connectivity index (χ2v) is 6.54. The minimum atomic E-state index is -0.884. The average Bonchev–Trinajstić information content (AvgIpc) is 2.87. The second kappa shape index (κ2) is 6.38. The normalized spacial score (nSPS) is 23.5. The van der Waals surface area contributed by atoms with Crippen LogP contribution in [0, 0.1) is 0 Å². The molecule has 1 aliphatic heterocycles. The lowest BCUT2D eigenvalue weighted by atomic mass is 9.90. The van der Waals surface area contributed by atoms with Gasteiger partial charge in [0.05, 0.1) is 0 Å². The molecule has 1 aromatic rings. The number of likely N-dealkylation sites (N-methyl/N-ethyl adjacent to an activating group) is 1. The van der Waals surface area contributed by atoms with Crippen LogP contribution in [0.4, 0.5) is 0 Å². The minimum absolute atomic E-state index is 0.280. The van der Waals surface area contributed by atoms with Crippen LogP contribution in [0.25, 0.3) is 0 Å². The summed E-state index contributed by atoms with van der Waals surface area (Å²) in [5.74, 6) is -0.884. The number of carboxylic acid groups (broad SMARTS) is 1. The molecule has 0 saturated carbocycles. The van der Waals surface area contributed by atoms with E-state index in [9.17, 15) is 9.90 Å². The fraction of sp³-hybridized carbons (Fsp3) is 0.750. The van der Waals surface area contributed by atoms with Crippen LogP contribution in [0.1, 0.15) is 41.5 Å². The number of hydrogen-bond donors (Lipinski definition) is 1. The van der Waals surface area contributed by atoms with Crippen LogP contribution in [-0.4, -0.2) is 69.9 Å². The molecule has 2 aliphatic rings. The van der Waals surface area contributed by atoms with Gasteiger partial charge >= 0.3 is 5.97 Å². The Balaban J connectivity index is 1.80. The van der Waals surface area contributed by atoms with Gasteiger partial charge in [0.2, 0.25) is 0 Å². The first-order valence-corrected chi connectivity index (χ1v) is 8.34. The van der Waals surface area contributed by atoms with E-state index in [1.165, 1.54) is 0 Å². The summed E-state index contributed by atoms with van der Waals surface area (Å²) < 4.78 is 1.93. The van der Waals surface area contributed by atoms with Gasteiger partial charge < -0.3 is 10.0 Å². The van der Waals surface area contributed by atoms with Crippen molar-refractivity contribution >= 4 is 5.97 Å². The smallest absolute Gasteiger partial charge is 0.356 e. The Bertz CT molecular complexity index is 547. The van der Waals surface area contributed by atoms with E-state index in [0.29, 0.717) is 6.04 Å². The van der Waals surface area contributed by atoms with E-state index in [4.69, 9.17) is 0 Å². The summed E-state index contributed by atoms with van der Waals surface area (Å²) in [4.78, 5) is 16.4. The Morgan fingerprint density at radius 2 is 2.05 bits per heavy atom. The molecule has 6 heteroatoms. The first-order chi connectivity index (χ1) is 10.6. The van der Waals surface area contributed by atoms with E-state index in [2.05, 4.69) is 28.9 Å². The lowest BCUT2D eigenvalue weighted by Crippen LogP contribution is -2.50. The number of hydrogen-bond acceptors (Lipinski definition) is 4. The summed E-state index contributed by atoms with van der Waals surface area (Å²) in [5.41, 5.74) is 2.42. The van der Waals surface area contributed by atoms with Gasteiger partial charge in [-0.15, -0.1) is 0 Å². The number of aromatic carboxylic acids is 1. The van der Waals surface area contributed by atoms with Gasteiger partial charge in [0.25, 0.3) is 0 Å². The molecule has 0 radical (unpaired) electrons. The van der Waals surface area contributed by atoms with E-state index in [0.717, 1.165) is 69.7 Å². The molecule has 1 aliphatic carbocycles. The summed E-state index contributed by atoms with van der Waals surface area (Å²) in [6.07, 6.45) is 3.89. The fourth-order valence-corrected chi connectivity index (χ4v) is 3.74. The molecule has 1 saturated heterocycles. The van der Waals surface area contributed by atoms with Crippen molar-refractivity contribution in [2.24, 2.45) is 0 Å². The monoisotopic (exact) mass is 306 g/mol. The molecule has 1 fully saturated rings. The highest BCUT2D eigenvalue weighted by molar-refractivity contribution is 5.87. The highest BCUT2D eigenvalue weighted by Crippen LogP contribution is 2.28. The van der Waals surface area contributed by atoms with Gasteiger partial charge in [-0.25, -0.2) is 4.79 Å². The summed E-state index contributed by atoms with van der Waals surface area (Å²) >= 11 is 0. The predicted molar refractivity (Wildman–Crippen MR) is 84.4 cm³/mol. The van der Waals surface area contributed by atoms with Crippen LogP contribution < -0.4 is 0 Å². The number of aromatic nitrogens is 2. The molecule has 0 bridgehead atoms. The number of nitrogens with zero attached hydrogens (tertiary/aromatic N) is 4. The second-order valence-electron chi connectivity index (χ2n) is 6.54. The molecule has 0 unspecified atom stereocenters. The highest BCUT2D eigenvalue weighted by Gasteiger charge is 2.32. The summed E-state index contributed by atoms with van der Waals surface area (Å²) in [7, 11) is 2.16. The highest BCUT2D eigenvalue weighted by atomic mass is 16.4. The zero-order valence-corrected chi connectivity index (χ0v) is 13.6. The Morgan fingerprint density at radius 3 is 2.68 bits per heavy atom. The Kier molecular flexibility index (Phi) is 4.49. The molecule has 3 rings (SSSR count). The maximum absolute atomic E-state index is 11.5. The van der Waals surface area contributed by atoms with E-state index in [1.54, 1.807) is 0 Å². The lowest BCUT2D eigenvalue weighted by Gasteiger charge is -2.39. The van der Waals surface area contributed by atoms with E-state index in [1.807, 2.05) is 4.68 Å². The van der Waals surface area contributed by atoms with Gasteiger partial charge in [0, 0.05) is 50.0 Å². The third-order valence-electron chi connectivity index (χ3n) is 5.01. The van der Waals surface area contributed by atoms with Crippen molar-refractivity contribution < 1.29 is 9.90 Å². The largest absolute Gasteiger partial charge is 0.476 e. The molecule has 1 N–H and O–H groups in total. The topological polar surface area (TPSA) is 61.6 Å². The number of aryl methyl sites for hydroxylation is 1.